The van der Waals surface area contributed by atoms with Crippen molar-refractivity contribution in [3.63, 3.8) is 0 Å². The quantitative estimate of drug-likeness (QED) is 0.492. The molecule has 0 radical (unpaired) electrons. The van der Waals surface area contributed by atoms with Crippen molar-refractivity contribution in [1.82, 2.24) is 19.1 Å². The van der Waals surface area contributed by atoms with Gasteiger partial charge in [-0.2, -0.15) is 4.98 Å². The highest BCUT2D eigenvalue weighted by Crippen LogP contribution is 2.15. The minimum Gasteiger partial charge on any atom is -0.361 e. The average Bonchev–Trinajstić information content (AvgIpc) is 2.72. The van der Waals surface area contributed by atoms with Gasteiger partial charge in [0.2, 0.25) is 5.28 Å². The summed E-state index contributed by atoms with van der Waals surface area (Å²) in [5, 5.41) is 0.125. The van der Waals surface area contributed by atoms with Crippen molar-refractivity contribution >= 4 is 22.8 Å². The zero-order valence-corrected chi connectivity index (χ0v) is 11.8. The van der Waals surface area contributed by atoms with Crippen molar-refractivity contribution in [2.24, 2.45) is 0 Å². The summed E-state index contributed by atoms with van der Waals surface area (Å²) in [5.74, 6) is 0. The van der Waals surface area contributed by atoms with Gasteiger partial charge in [-0.25, -0.2) is 4.79 Å². The van der Waals surface area contributed by atoms with Crippen LogP contribution >= 0.6 is 11.6 Å². The topological polar surface area (TPSA) is 81.9 Å². The molecule has 0 unspecified atom stereocenters. The number of H-pyrrole nitrogens is 1. The Bertz CT molecular complexity index is 743. The second-order valence-electron chi connectivity index (χ2n) is 4.18. The van der Waals surface area contributed by atoms with Crippen LogP contribution in [0.1, 0.15) is 13.3 Å². The minimum absolute atomic E-state index is 0.0153. The number of allylic oxidation sites excluding steroid dienone is 1. The lowest BCUT2D eigenvalue weighted by Gasteiger charge is -2.07. The maximum absolute atomic E-state index is 11.9. The standard InChI is InChI=1S/C12H15ClN4O3/c1-3-5-16-8-9(14-11(16)13)17(7-20-6-4-2)12(19)15-10(8)18/h3H,1,4-7H2,2H3,(H,15,18,19). The maximum atomic E-state index is 11.9. The molecule has 1 N–H and O–H groups in total. The molecule has 7 nitrogen and oxygen atoms in total. The molecule has 0 saturated carbocycles. The van der Waals surface area contributed by atoms with Gasteiger partial charge in [-0.1, -0.05) is 13.0 Å². The summed E-state index contributed by atoms with van der Waals surface area (Å²) < 4.78 is 8.07. The summed E-state index contributed by atoms with van der Waals surface area (Å²) >= 11 is 6.00. The lowest BCUT2D eigenvalue weighted by molar-refractivity contribution is 0.0769. The Kier molecular flexibility index (Phi) is 4.41. The highest BCUT2D eigenvalue weighted by Gasteiger charge is 2.16. The monoisotopic (exact) mass is 298 g/mol. The summed E-state index contributed by atoms with van der Waals surface area (Å²) in [6.45, 7) is 6.41. The van der Waals surface area contributed by atoms with Crippen molar-refractivity contribution in [3.8, 4) is 0 Å². The Balaban J connectivity index is 2.63. The van der Waals surface area contributed by atoms with Gasteiger partial charge in [0.25, 0.3) is 5.56 Å². The molecule has 0 aliphatic rings. The summed E-state index contributed by atoms with van der Waals surface area (Å²) in [6.07, 6.45) is 2.42. The molecule has 20 heavy (non-hydrogen) atoms. The van der Waals surface area contributed by atoms with E-state index in [1.54, 1.807) is 6.08 Å². The third-order valence-corrected chi connectivity index (χ3v) is 3.01. The molecule has 0 aliphatic carbocycles. The second kappa shape index (κ2) is 6.06. The lowest BCUT2D eigenvalue weighted by atomic mass is 10.5. The van der Waals surface area contributed by atoms with Crippen molar-refractivity contribution in [2.75, 3.05) is 6.61 Å². The number of rotatable bonds is 6. The van der Waals surface area contributed by atoms with Crippen LogP contribution in [0.15, 0.2) is 22.2 Å². The van der Waals surface area contributed by atoms with E-state index in [0.717, 1.165) is 6.42 Å². The zero-order valence-electron chi connectivity index (χ0n) is 11.1. The van der Waals surface area contributed by atoms with Gasteiger partial charge in [0, 0.05) is 13.2 Å². The highest BCUT2D eigenvalue weighted by atomic mass is 35.5. The number of ether oxygens (including phenoxy) is 1. The molecule has 2 rings (SSSR count). The Labute approximate surface area is 119 Å². The van der Waals surface area contributed by atoms with Crippen molar-refractivity contribution in [2.45, 2.75) is 26.6 Å². The zero-order chi connectivity index (χ0) is 14.7. The summed E-state index contributed by atoms with van der Waals surface area (Å²) in [6, 6.07) is 0. The average molecular weight is 299 g/mol. The smallest absolute Gasteiger partial charge is 0.332 e. The van der Waals surface area contributed by atoms with Gasteiger partial charge in [-0.3, -0.25) is 14.3 Å². The van der Waals surface area contributed by atoms with Gasteiger partial charge < -0.3 is 9.30 Å². The maximum Gasteiger partial charge on any atom is 0.332 e. The number of fused-ring (bicyclic) bond motifs is 1. The van der Waals surface area contributed by atoms with E-state index in [4.69, 9.17) is 16.3 Å². The van der Waals surface area contributed by atoms with Crippen molar-refractivity contribution in [3.05, 3.63) is 38.8 Å². The first-order valence-corrected chi connectivity index (χ1v) is 6.55. The molecular weight excluding hydrogens is 284 g/mol. The largest absolute Gasteiger partial charge is 0.361 e. The second-order valence-corrected chi connectivity index (χ2v) is 4.52. The van der Waals surface area contributed by atoms with Crippen molar-refractivity contribution < 1.29 is 4.74 Å². The predicted molar refractivity (Wildman–Crippen MR) is 76.1 cm³/mol. The number of nitrogens with one attached hydrogen (secondary N) is 1. The minimum atomic E-state index is -0.571. The van der Waals surface area contributed by atoms with Crippen LogP contribution in [0.4, 0.5) is 0 Å². The number of imidazole rings is 1. The Morgan fingerprint density at radius 2 is 2.20 bits per heavy atom. The third-order valence-electron chi connectivity index (χ3n) is 2.72. The Morgan fingerprint density at radius 3 is 2.85 bits per heavy atom. The van der Waals surface area contributed by atoms with Crippen LogP contribution in [-0.4, -0.2) is 25.7 Å². The van der Waals surface area contributed by atoms with Crippen LogP contribution in [-0.2, 0) is 18.0 Å². The number of aromatic nitrogens is 4. The molecule has 2 aromatic heterocycles. The third kappa shape index (κ3) is 2.54. The van der Waals surface area contributed by atoms with Gasteiger partial charge in [-0.15, -0.1) is 6.58 Å². The Morgan fingerprint density at radius 1 is 1.45 bits per heavy atom. The molecule has 0 atom stereocenters. The van der Waals surface area contributed by atoms with Crippen molar-refractivity contribution in [1.29, 1.82) is 0 Å². The molecular formula is C12H15ClN4O3. The van der Waals surface area contributed by atoms with Crippen LogP contribution in [0.25, 0.3) is 11.2 Å². The van der Waals surface area contributed by atoms with E-state index in [1.165, 1.54) is 9.13 Å². The van der Waals surface area contributed by atoms with E-state index < -0.39 is 11.2 Å². The molecule has 0 bridgehead atoms. The fourth-order valence-corrected chi connectivity index (χ4v) is 2.10. The van der Waals surface area contributed by atoms with Gasteiger partial charge in [0.15, 0.2) is 11.2 Å². The normalized spacial score (nSPS) is 11.1. The van der Waals surface area contributed by atoms with Gasteiger partial charge in [-0.05, 0) is 18.0 Å². The number of aromatic amines is 1. The molecule has 2 heterocycles. The fourth-order valence-electron chi connectivity index (χ4n) is 1.86. The molecule has 2 aromatic rings. The van der Waals surface area contributed by atoms with E-state index in [-0.39, 0.29) is 23.2 Å². The summed E-state index contributed by atoms with van der Waals surface area (Å²) in [4.78, 5) is 30.1. The van der Waals surface area contributed by atoms with Gasteiger partial charge in [0.05, 0.1) is 0 Å². The first-order chi connectivity index (χ1) is 9.60. The molecule has 0 amide bonds. The van der Waals surface area contributed by atoms with E-state index in [1.807, 2.05) is 6.92 Å². The first kappa shape index (κ1) is 14.5. The summed E-state index contributed by atoms with van der Waals surface area (Å²) in [7, 11) is 0. The Hall–Kier alpha value is -1.86. The van der Waals surface area contributed by atoms with Crippen LogP contribution in [0.2, 0.25) is 5.28 Å². The highest BCUT2D eigenvalue weighted by molar-refractivity contribution is 6.29. The van der Waals surface area contributed by atoms with E-state index >= 15 is 0 Å². The molecule has 0 saturated heterocycles. The van der Waals surface area contributed by atoms with Gasteiger partial charge >= 0.3 is 5.69 Å². The van der Waals surface area contributed by atoms with Crippen LogP contribution < -0.4 is 11.2 Å². The van der Waals surface area contributed by atoms with E-state index in [0.29, 0.717) is 13.2 Å². The molecule has 0 spiro atoms. The van der Waals surface area contributed by atoms with E-state index in [9.17, 15) is 9.59 Å². The molecule has 0 aromatic carbocycles. The van der Waals surface area contributed by atoms with Crippen LogP contribution in [0.5, 0.6) is 0 Å². The molecule has 0 aliphatic heterocycles. The number of hydrogen-bond donors (Lipinski definition) is 1. The van der Waals surface area contributed by atoms with Gasteiger partial charge in [0.1, 0.15) is 6.73 Å². The molecule has 0 fully saturated rings. The lowest BCUT2D eigenvalue weighted by Crippen LogP contribution is -2.31. The van der Waals surface area contributed by atoms with Crippen LogP contribution in [0, 0.1) is 0 Å². The predicted octanol–water partition coefficient (Wildman–Crippen LogP) is 1.11. The number of hydrogen-bond acceptors (Lipinski definition) is 4. The first-order valence-electron chi connectivity index (χ1n) is 6.17. The number of halogens is 1. The number of nitrogens with zero attached hydrogens (tertiary/aromatic N) is 3. The molecule has 108 valence electrons. The van der Waals surface area contributed by atoms with Crippen LogP contribution in [0.3, 0.4) is 0 Å². The fraction of sp³-hybridized carbons (Fsp3) is 0.417. The molecule has 8 heteroatoms. The van der Waals surface area contributed by atoms with E-state index in [2.05, 4.69) is 16.5 Å². The SMILES string of the molecule is C=CCn1c(Cl)nc2c1c(=O)[nH]c(=O)n2COCCC. The summed E-state index contributed by atoms with van der Waals surface area (Å²) in [5.41, 5.74) is -0.659.